The van der Waals surface area contributed by atoms with Crippen LogP contribution in [0.1, 0.15) is 35.5 Å². The van der Waals surface area contributed by atoms with Crippen LogP contribution in [0.4, 0.5) is 0 Å². The van der Waals surface area contributed by atoms with E-state index in [1.165, 1.54) is 11.3 Å². The lowest BCUT2D eigenvalue weighted by atomic mass is 10.1. The Hall–Kier alpha value is -2.01. The maximum absolute atomic E-state index is 5.31. The molecule has 2 rings (SSSR count). The van der Waals surface area contributed by atoms with E-state index in [1.54, 1.807) is 14.2 Å². The van der Waals surface area contributed by atoms with Gasteiger partial charge in [0, 0.05) is 37.0 Å². The minimum Gasteiger partial charge on any atom is -0.497 e. The van der Waals surface area contributed by atoms with Crippen molar-refractivity contribution < 1.29 is 9.47 Å². The normalized spacial score (nSPS) is 12.3. The molecule has 0 aliphatic heterocycles. The Bertz CT molecular complexity index is 627. The molecular formula is C17H25N3O2. The van der Waals surface area contributed by atoms with Gasteiger partial charge in [0.25, 0.3) is 0 Å². The van der Waals surface area contributed by atoms with Crippen LogP contribution in [-0.2, 0) is 13.6 Å². The first-order chi connectivity index (χ1) is 10.5. The van der Waals surface area contributed by atoms with Crippen LogP contribution in [0.3, 0.4) is 0 Å². The quantitative estimate of drug-likeness (QED) is 0.891. The van der Waals surface area contributed by atoms with Gasteiger partial charge in [0.2, 0.25) is 0 Å². The van der Waals surface area contributed by atoms with E-state index in [4.69, 9.17) is 9.47 Å². The summed E-state index contributed by atoms with van der Waals surface area (Å²) in [4.78, 5) is 0. The van der Waals surface area contributed by atoms with E-state index in [0.717, 1.165) is 29.3 Å². The Balaban J connectivity index is 2.12. The molecule has 0 radical (unpaired) electrons. The number of ether oxygens (including phenoxy) is 2. The van der Waals surface area contributed by atoms with Crippen LogP contribution in [0, 0.1) is 13.8 Å². The number of methoxy groups -OCH3 is 2. The third-order valence-corrected chi connectivity index (χ3v) is 4.02. The first-order valence-electron chi connectivity index (χ1n) is 7.41. The van der Waals surface area contributed by atoms with Gasteiger partial charge in [-0.05, 0) is 38.5 Å². The van der Waals surface area contributed by atoms with E-state index in [1.807, 2.05) is 29.9 Å². The van der Waals surface area contributed by atoms with Crippen molar-refractivity contribution in [2.24, 2.45) is 7.05 Å². The Kier molecular flexibility index (Phi) is 5.08. The summed E-state index contributed by atoms with van der Waals surface area (Å²) in [6.07, 6.45) is 0. The molecule has 1 aromatic heterocycles. The van der Waals surface area contributed by atoms with Crippen molar-refractivity contribution in [1.82, 2.24) is 15.1 Å². The average Bonchev–Trinajstić information content (AvgIpc) is 2.77. The van der Waals surface area contributed by atoms with Crippen LogP contribution in [0.5, 0.6) is 11.5 Å². The zero-order valence-electron chi connectivity index (χ0n) is 14.2. The summed E-state index contributed by atoms with van der Waals surface area (Å²) in [6.45, 7) is 7.05. The van der Waals surface area contributed by atoms with Crippen LogP contribution >= 0.6 is 0 Å². The van der Waals surface area contributed by atoms with Gasteiger partial charge in [-0.25, -0.2) is 0 Å². The van der Waals surface area contributed by atoms with Gasteiger partial charge in [0.05, 0.1) is 19.9 Å². The average molecular weight is 303 g/mol. The summed E-state index contributed by atoms with van der Waals surface area (Å²) in [6, 6.07) is 6.14. The minimum atomic E-state index is 0.228. The lowest BCUT2D eigenvalue weighted by Gasteiger charge is -2.16. The summed E-state index contributed by atoms with van der Waals surface area (Å²) in [5.74, 6) is 1.61. The number of rotatable bonds is 6. The maximum atomic E-state index is 5.31. The highest BCUT2D eigenvalue weighted by atomic mass is 16.5. The van der Waals surface area contributed by atoms with Gasteiger partial charge in [-0.1, -0.05) is 0 Å². The molecule has 5 heteroatoms. The van der Waals surface area contributed by atoms with Crippen molar-refractivity contribution in [3.8, 4) is 11.5 Å². The molecular weight excluding hydrogens is 278 g/mol. The topological polar surface area (TPSA) is 48.3 Å². The van der Waals surface area contributed by atoms with Crippen LogP contribution in [-0.4, -0.2) is 24.0 Å². The third kappa shape index (κ3) is 3.42. The van der Waals surface area contributed by atoms with Crippen molar-refractivity contribution in [1.29, 1.82) is 0 Å². The summed E-state index contributed by atoms with van der Waals surface area (Å²) in [7, 11) is 5.30. The molecule has 1 aromatic carbocycles. The first kappa shape index (κ1) is 16.4. The van der Waals surface area contributed by atoms with Gasteiger partial charge in [0.1, 0.15) is 11.5 Å². The van der Waals surface area contributed by atoms with Gasteiger partial charge in [0.15, 0.2) is 0 Å². The van der Waals surface area contributed by atoms with Crippen LogP contribution in [0.2, 0.25) is 0 Å². The molecule has 0 aliphatic carbocycles. The van der Waals surface area contributed by atoms with Crippen LogP contribution in [0.25, 0.3) is 0 Å². The Morgan fingerprint density at radius 3 is 2.18 bits per heavy atom. The fourth-order valence-electron chi connectivity index (χ4n) is 2.76. The van der Waals surface area contributed by atoms with E-state index in [9.17, 15) is 0 Å². The monoisotopic (exact) mass is 303 g/mol. The standard InChI is InChI=1S/C17H25N3O2/c1-11(17-12(2)19-20(4)13(17)3)18-10-14-7-15(21-5)9-16(8-14)22-6/h7-9,11,18H,10H2,1-6H3/t11-/m1/s1. The van der Waals surface area contributed by atoms with E-state index in [0.29, 0.717) is 0 Å². The summed E-state index contributed by atoms with van der Waals surface area (Å²) < 4.78 is 12.5. The fourth-order valence-corrected chi connectivity index (χ4v) is 2.76. The molecule has 1 atom stereocenters. The lowest BCUT2D eigenvalue weighted by Crippen LogP contribution is -2.19. The van der Waals surface area contributed by atoms with Gasteiger partial charge >= 0.3 is 0 Å². The molecule has 0 saturated carbocycles. The van der Waals surface area contributed by atoms with E-state index in [-0.39, 0.29) is 6.04 Å². The molecule has 1 heterocycles. The van der Waals surface area contributed by atoms with Crippen LogP contribution in [0.15, 0.2) is 18.2 Å². The second kappa shape index (κ2) is 6.83. The zero-order valence-corrected chi connectivity index (χ0v) is 14.2. The molecule has 120 valence electrons. The Morgan fingerprint density at radius 2 is 1.73 bits per heavy atom. The maximum Gasteiger partial charge on any atom is 0.122 e. The van der Waals surface area contributed by atoms with Crippen molar-refractivity contribution in [3.63, 3.8) is 0 Å². The largest absolute Gasteiger partial charge is 0.497 e. The second-order valence-electron chi connectivity index (χ2n) is 5.53. The zero-order chi connectivity index (χ0) is 16.3. The van der Waals surface area contributed by atoms with Gasteiger partial charge in [-0.15, -0.1) is 0 Å². The van der Waals surface area contributed by atoms with Crippen molar-refractivity contribution in [2.75, 3.05) is 14.2 Å². The smallest absolute Gasteiger partial charge is 0.122 e. The molecule has 0 aliphatic rings. The van der Waals surface area contributed by atoms with Crippen molar-refractivity contribution in [3.05, 3.63) is 40.7 Å². The number of benzene rings is 1. The highest BCUT2D eigenvalue weighted by Crippen LogP contribution is 2.24. The van der Waals surface area contributed by atoms with Crippen LogP contribution < -0.4 is 14.8 Å². The summed E-state index contributed by atoms with van der Waals surface area (Å²) >= 11 is 0. The number of hydrogen-bond donors (Lipinski definition) is 1. The molecule has 1 N–H and O–H groups in total. The Labute approximate surface area is 132 Å². The highest BCUT2D eigenvalue weighted by Gasteiger charge is 2.16. The molecule has 0 bridgehead atoms. The molecule has 0 fully saturated rings. The van der Waals surface area contributed by atoms with Crippen molar-refractivity contribution in [2.45, 2.75) is 33.4 Å². The number of nitrogens with zero attached hydrogens (tertiary/aromatic N) is 2. The molecule has 0 saturated heterocycles. The number of nitrogens with one attached hydrogen (secondary N) is 1. The van der Waals surface area contributed by atoms with Crippen molar-refractivity contribution >= 4 is 0 Å². The minimum absolute atomic E-state index is 0.228. The predicted molar refractivity (Wildman–Crippen MR) is 87.5 cm³/mol. The predicted octanol–water partition coefficient (Wildman–Crippen LogP) is 2.90. The van der Waals surface area contributed by atoms with E-state index >= 15 is 0 Å². The number of aromatic nitrogens is 2. The fraction of sp³-hybridized carbons (Fsp3) is 0.471. The molecule has 0 amide bonds. The summed E-state index contributed by atoms with van der Waals surface area (Å²) in [5.41, 5.74) is 4.66. The number of hydrogen-bond acceptors (Lipinski definition) is 4. The molecule has 22 heavy (non-hydrogen) atoms. The molecule has 2 aromatic rings. The SMILES string of the molecule is COc1cc(CN[C@H](C)c2c(C)nn(C)c2C)cc(OC)c1. The molecule has 0 spiro atoms. The third-order valence-electron chi connectivity index (χ3n) is 4.02. The first-order valence-corrected chi connectivity index (χ1v) is 7.41. The van der Waals surface area contributed by atoms with E-state index < -0.39 is 0 Å². The lowest BCUT2D eigenvalue weighted by molar-refractivity contribution is 0.392. The van der Waals surface area contributed by atoms with Gasteiger partial charge in [-0.2, -0.15) is 5.10 Å². The highest BCUT2D eigenvalue weighted by molar-refractivity contribution is 5.38. The van der Waals surface area contributed by atoms with Gasteiger partial charge in [-0.3, -0.25) is 4.68 Å². The van der Waals surface area contributed by atoms with Gasteiger partial charge < -0.3 is 14.8 Å². The molecule has 0 unspecified atom stereocenters. The Morgan fingerprint density at radius 1 is 1.14 bits per heavy atom. The number of aryl methyl sites for hydroxylation is 2. The molecule has 5 nitrogen and oxygen atoms in total. The summed E-state index contributed by atoms with van der Waals surface area (Å²) in [5, 5.41) is 8.03. The second-order valence-corrected chi connectivity index (χ2v) is 5.53. The van der Waals surface area contributed by atoms with E-state index in [2.05, 4.69) is 31.2 Å².